The van der Waals surface area contributed by atoms with E-state index in [0.717, 1.165) is 19.3 Å². The molecule has 2 amide bonds. The zero-order chi connectivity index (χ0) is 23.0. The monoisotopic (exact) mass is 440 g/mol. The highest BCUT2D eigenvalue weighted by Gasteiger charge is 2.46. The summed E-state index contributed by atoms with van der Waals surface area (Å²) in [6.07, 6.45) is 7.74. The van der Waals surface area contributed by atoms with Gasteiger partial charge in [0.1, 0.15) is 0 Å². The first-order valence-corrected chi connectivity index (χ1v) is 12.1. The van der Waals surface area contributed by atoms with Crippen LogP contribution in [0.25, 0.3) is 17.7 Å². The number of hydrogen-bond donors (Lipinski definition) is 1. The summed E-state index contributed by atoms with van der Waals surface area (Å²) in [6, 6.07) is 17.1. The van der Waals surface area contributed by atoms with Gasteiger partial charge in [-0.2, -0.15) is 0 Å². The van der Waals surface area contributed by atoms with Gasteiger partial charge in [-0.25, -0.2) is 0 Å². The fraction of sp³-hybridized carbons (Fsp3) is 0.379. The summed E-state index contributed by atoms with van der Waals surface area (Å²) in [6.45, 7) is 5.88. The third-order valence-corrected chi connectivity index (χ3v) is 7.56. The van der Waals surface area contributed by atoms with Crippen LogP contribution in [0.3, 0.4) is 0 Å². The zero-order valence-electron chi connectivity index (χ0n) is 19.6. The van der Waals surface area contributed by atoms with Gasteiger partial charge in [-0.15, -0.1) is 0 Å². The number of carbonyl (C=O) groups is 2. The standard InChI is InChI=1S/C29H32N2O2/c1-29(2)18-23(29)17-26(32)30-19-27(33)31-15-13-22(14-16-31)28-24-9-5-3-7-20(24)11-12-21-8-4-6-10-25(21)28/h3-12,23H,13-19H2,1-2H3,(H,30,32)/t23-/m0/s1. The molecule has 2 aromatic rings. The molecule has 1 aliphatic heterocycles. The van der Waals surface area contributed by atoms with Crippen molar-refractivity contribution in [1.82, 2.24) is 10.2 Å². The van der Waals surface area contributed by atoms with Gasteiger partial charge in [0, 0.05) is 19.5 Å². The zero-order valence-corrected chi connectivity index (χ0v) is 19.6. The number of nitrogens with one attached hydrogen (secondary N) is 1. The van der Waals surface area contributed by atoms with Crippen LogP contribution >= 0.6 is 0 Å². The third-order valence-electron chi connectivity index (χ3n) is 7.56. The van der Waals surface area contributed by atoms with Gasteiger partial charge in [0.15, 0.2) is 0 Å². The number of hydrogen-bond acceptors (Lipinski definition) is 2. The SMILES string of the molecule is CC1(C)C[C@@H]1CC(=O)NCC(=O)N1CCC(=C2c3ccccc3C=Cc3ccccc32)CC1. The molecule has 1 heterocycles. The summed E-state index contributed by atoms with van der Waals surface area (Å²) in [5.74, 6) is 0.472. The van der Waals surface area contributed by atoms with E-state index in [1.54, 1.807) is 0 Å². The predicted molar refractivity (Wildman–Crippen MR) is 133 cm³/mol. The van der Waals surface area contributed by atoms with E-state index in [-0.39, 0.29) is 23.8 Å². The molecule has 0 spiro atoms. The summed E-state index contributed by atoms with van der Waals surface area (Å²) >= 11 is 0. The van der Waals surface area contributed by atoms with Crippen LogP contribution in [0.1, 0.15) is 61.8 Å². The van der Waals surface area contributed by atoms with Crippen LogP contribution in [-0.2, 0) is 9.59 Å². The molecule has 0 aromatic heterocycles. The molecule has 1 N–H and O–H groups in total. The second kappa shape index (κ2) is 8.66. The van der Waals surface area contributed by atoms with Crippen molar-refractivity contribution in [3.63, 3.8) is 0 Å². The molecule has 3 aliphatic rings. The first kappa shape index (κ1) is 21.7. The number of fused-ring (bicyclic) bond motifs is 2. The van der Waals surface area contributed by atoms with Crippen LogP contribution in [0.4, 0.5) is 0 Å². The van der Waals surface area contributed by atoms with Gasteiger partial charge in [-0.3, -0.25) is 9.59 Å². The normalized spacial score (nSPS) is 20.5. The molecule has 170 valence electrons. The van der Waals surface area contributed by atoms with E-state index in [4.69, 9.17) is 0 Å². The first-order valence-electron chi connectivity index (χ1n) is 12.1. The Bertz CT molecular complexity index is 1100. The van der Waals surface area contributed by atoms with Crippen molar-refractivity contribution in [3.8, 4) is 0 Å². The van der Waals surface area contributed by atoms with E-state index in [1.165, 1.54) is 33.4 Å². The van der Waals surface area contributed by atoms with E-state index in [2.05, 4.69) is 79.8 Å². The first-order chi connectivity index (χ1) is 15.9. The molecular weight excluding hydrogens is 408 g/mol. The fourth-order valence-corrected chi connectivity index (χ4v) is 5.23. The van der Waals surface area contributed by atoms with E-state index in [0.29, 0.717) is 25.4 Å². The van der Waals surface area contributed by atoms with Gasteiger partial charge in [-0.1, -0.05) is 80.1 Å². The fourth-order valence-electron chi connectivity index (χ4n) is 5.23. The molecule has 0 unspecified atom stereocenters. The molecule has 4 nitrogen and oxygen atoms in total. The topological polar surface area (TPSA) is 49.4 Å². The maximum absolute atomic E-state index is 12.8. The van der Waals surface area contributed by atoms with E-state index < -0.39 is 0 Å². The van der Waals surface area contributed by atoms with E-state index in [1.807, 2.05) is 4.90 Å². The average Bonchev–Trinajstić information content (AvgIpc) is 3.47. The highest BCUT2D eigenvalue weighted by molar-refractivity contribution is 5.95. The Morgan fingerprint density at radius 2 is 1.48 bits per heavy atom. The average molecular weight is 441 g/mol. The predicted octanol–water partition coefficient (Wildman–Crippen LogP) is 5.15. The molecular formula is C29H32N2O2. The lowest BCUT2D eigenvalue weighted by molar-refractivity contribution is -0.133. The van der Waals surface area contributed by atoms with E-state index >= 15 is 0 Å². The maximum Gasteiger partial charge on any atom is 0.241 e. The quantitative estimate of drug-likeness (QED) is 0.610. The Hall–Kier alpha value is -3.14. The highest BCUT2D eigenvalue weighted by Crippen LogP contribution is 2.53. The summed E-state index contributed by atoms with van der Waals surface area (Å²) in [4.78, 5) is 26.9. The molecule has 2 fully saturated rings. The minimum atomic E-state index is -0.00193. The molecule has 33 heavy (non-hydrogen) atoms. The second-order valence-corrected chi connectivity index (χ2v) is 10.2. The maximum atomic E-state index is 12.8. The van der Waals surface area contributed by atoms with Crippen LogP contribution < -0.4 is 5.32 Å². The van der Waals surface area contributed by atoms with E-state index in [9.17, 15) is 9.59 Å². The number of likely N-dealkylation sites (tertiary alicyclic amines) is 1. The van der Waals surface area contributed by atoms with Gasteiger partial charge < -0.3 is 10.2 Å². The van der Waals surface area contributed by atoms with Crippen LogP contribution in [0, 0.1) is 11.3 Å². The van der Waals surface area contributed by atoms with Crippen LogP contribution in [0.15, 0.2) is 54.1 Å². The number of nitrogens with zero attached hydrogens (tertiary/aromatic N) is 1. The van der Waals surface area contributed by atoms with Gasteiger partial charge in [0.05, 0.1) is 6.54 Å². The van der Waals surface area contributed by atoms with Crippen molar-refractivity contribution in [2.45, 2.75) is 39.5 Å². The van der Waals surface area contributed by atoms with Gasteiger partial charge in [0.2, 0.25) is 11.8 Å². The van der Waals surface area contributed by atoms with Gasteiger partial charge >= 0.3 is 0 Å². The lowest BCUT2D eigenvalue weighted by Gasteiger charge is -2.30. The summed E-state index contributed by atoms with van der Waals surface area (Å²) in [5, 5.41) is 2.85. The number of rotatable bonds is 4. The van der Waals surface area contributed by atoms with Gasteiger partial charge in [-0.05, 0) is 58.4 Å². The van der Waals surface area contributed by atoms with Gasteiger partial charge in [0.25, 0.3) is 0 Å². The number of amides is 2. The number of benzene rings is 2. The van der Waals surface area contributed by atoms with Crippen LogP contribution in [0.2, 0.25) is 0 Å². The Balaban J connectivity index is 1.28. The van der Waals surface area contributed by atoms with Crippen molar-refractivity contribution in [1.29, 1.82) is 0 Å². The van der Waals surface area contributed by atoms with Crippen molar-refractivity contribution < 1.29 is 9.59 Å². The van der Waals surface area contributed by atoms with Crippen LogP contribution in [0.5, 0.6) is 0 Å². The number of carbonyl (C=O) groups excluding carboxylic acids is 2. The molecule has 1 atom stereocenters. The lowest BCUT2D eigenvalue weighted by Crippen LogP contribution is -2.43. The Kier molecular flexibility index (Phi) is 5.69. The largest absolute Gasteiger partial charge is 0.347 e. The van der Waals surface area contributed by atoms with Crippen molar-refractivity contribution >= 4 is 29.5 Å². The third kappa shape index (κ3) is 4.52. The molecule has 2 aromatic carbocycles. The highest BCUT2D eigenvalue weighted by atomic mass is 16.2. The summed E-state index contributed by atoms with van der Waals surface area (Å²) in [5.41, 5.74) is 8.00. The Morgan fingerprint density at radius 3 is 2.03 bits per heavy atom. The minimum Gasteiger partial charge on any atom is -0.347 e. The second-order valence-electron chi connectivity index (χ2n) is 10.2. The Morgan fingerprint density at radius 1 is 0.939 bits per heavy atom. The van der Waals surface area contributed by atoms with Crippen molar-refractivity contribution in [2.24, 2.45) is 11.3 Å². The Labute approximate surface area is 196 Å². The lowest BCUT2D eigenvalue weighted by atomic mass is 9.86. The van der Waals surface area contributed by atoms with Crippen molar-refractivity contribution in [3.05, 3.63) is 76.4 Å². The molecule has 4 heteroatoms. The van der Waals surface area contributed by atoms with Crippen molar-refractivity contribution in [2.75, 3.05) is 19.6 Å². The smallest absolute Gasteiger partial charge is 0.241 e. The minimum absolute atomic E-state index is 0.00193. The molecule has 0 radical (unpaired) electrons. The molecule has 5 rings (SSSR count). The summed E-state index contributed by atoms with van der Waals surface area (Å²) < 4.78 is 0. The molecule has 1 saturated heterocycles. The molecule has 0 bridgehead atoms. The molecule has 1 saturated carbocycles. The van der Waals surface area contributed by atoms with Crippen LogP contribution in [-0.4, -0.2) is 36.3 Å². The number of piperidine rings is 1. The molecule has 2 aliphatic carbocycles. The summed E-state index contributed by atoms with van der Waals surface area (Å²) in [7, 11) is 0.